The maximum Gasteiger partial charge on any atom is 0.251 e. The second kappa shape index (κ2) is 9.50. The minimum Gasteiger partial charge on any atom is -0.352 e. The van der Waals surface area contributed by atoms with E-state index in [0.717, 1.165) is 46.1 Å². The lowest BCUT2D eigenvalue weighted by molar-refractivity contribution is 0.0954. The molecule has 0 saturated heterocycles. The maximum absolute atomic E-state index is 12.7. The first-order valence-corrected chi connectivity index (χ1v) is 11.3. The van der Waals surface area contributed by atoms with E-state index in [1.165, 1.54) is 10.5 Å². The van der Waals surface area contributed by atoms with Gasteiger partial charge in [-0.15, -0.1) is 0 Å². The van der Waals surface area contributed by atoms with Crippen molar-refractivity contribution in [1.82, 2.24) is 5.32 Å². The van der Waals surface area contributed by atoms with Crippen LogP contribution in [0.3, 0.4) is 0 Å². The van der Waals surface area contributed by atoms with Crippen LogP contribution in [-0.4, -0.2) is 18.2 Å². The van der Waals surface area contributed by atoms with Crippen LogP contribution < -0.4 is 5.32 Å². The van der Waals surface area contributed by atoms with Gasteiger partial charge in [0.2, 0.25) is 0 Å². The molecule has 0 aromatic heterocycles. The number of hydrogen-bond donors (Lipinski definition) is 1. The molecule has 0 radical (unpaired) electrons. The van der Waals surface area contributed by atoms with Crippen LogP contribution in [-0.2, 0) is 6.42 Å². The van der Waals surface area contributed by atoms with E-state index in [-0.39, 0.29) is 5.91 Å². The fraction of sp³-hybridized carbons (Fsp3) is 0.200. The van der Waals surface area contributed by atoms with Gasteiger partial charge in [0.1, 0.15) is 0 Å². The quantitative estimate of drug-likeness (QED) is 0.469. The van der Waals surface area contributed by atoms with Crippen molar-refractivity contribution in [1.29, 1.82) is 0 Å². The zero-order valence-corrected chi connectivity index (χ0v) is 18.4. The van der Waals surface area contributed by atoms with Gasteiger partial charge >= 0.3 is 0 Å². The van der Waals surface area contributed by atoms with Gasteiger partial charge in [-0.1, -0.05) is 67.0 Å². The highest BCUT2D eigenvalue weighted by Crippen LogP contribution is 2.41. The number of nitrogens with one attached hydrogen (secondary N) is 1. The van der Waals surface area contributed by atoms with E-state index in [9.17, 15) is 4.79 Å². The zero-order chi connectivity index (χ0) is 20.9. The molecule has 0 spiro atoms. The molecule has 0 atom stereocenters. The summed E-state index contributed by atoms with van der Waals surface area (Å²) >= 11 is 7.64. The first-order chi connectivity index (χ1) is 14.6. The molecule has 1 aliphatic heterocycles. The van der Waals surface area contributed by atoms with Crippen molar-refractivity contribution in [3.8, 4) is 0 Å². The molecular weight excluding hydrogens is 412 g/mol. The number of nitrogens with zero attached hydrogens (tertiary/aromatic N) is 1. The fourth-order valence-electron chi connectivity index (χ4n) is 3.45. The Labute approximate surface area is 186 Å². The zero-order valence-electron chi connectivity index (χ0n) is 16.8. The molecule has 0 saturated carbocycles. The summed E-state index contributed by atoms with van der Waals surface area (Å²) in [5.74, 6) is -0.0780. The van der Waals surface area contributed by atoms with Gasteiger partial charge in [0.05, 0.1) is 5.69 Å². The average Bonchev–Trinajstić information content (AvgIpc) is 2.91. The van der Waals surface area contributed by atoms with Crippen molar-refractivity contribution in [2.45, 2.75) is 36.0 Å². The molecule has 1 N–H and O–H groups in total. The summed E-state index contributed by atoms with van der Waals surface area (Å²) in [4.78, 5) is 19.9. The lowest BCUT2D eigenvalue weighted by Crippen LogP contribution is -2.25. The Morgan fingerprint density at radius 1 is 1.00 bits per heavy atom. The van der Waals surface area contributed by atoms with E-state index in [1.54, 1.807) is 11.8 Å². The molecule has 0 fully saturated rings. The molecule has 0 unspecified atom stereocenters. The predicted molar refractivity (Wildman–Crippen MR) is 126 cm³/mol. The summed E-state index contributed by atoms with van der Waals surface area (Å²) in [6.07, 6.45) is 2.70. The number of fused-ring (bicyclic) bond motifs is 2. The minimum absolute atomic E-state index is 0.0780. The fourth-order valence-corrected chi connectivity index (χ4v) is 4.60. The van der Waals surface area contributed by atoms with Crippen LogP contribution in [0.2, 0.25) is 5.02 Å². The molecule has 0 bridgehead atoms. The van der Waals surface area contributed by atoms with E-state index < -0.39 is 0 Å². The van der Waals surface area contributed by atoms with E-state index in [0.29, 0.717) is 12.1 Å². The minimum atomic E-state index is -0.0780. The molecule has 152 valence electrons. The molecule has 5 heteroatoms. The summed E-state index contributed by atoms with van der Waals surface area (Å²) in [7, 11) is 0. The summed E-state index contributed by atoms with van der Waals surface area (Å²) in [5, 5.41) is 3.73. The molecular formula is C25H23ClN2OS. The molecule has 4 rings (SSSR count). The van der Waals surface area contributed by atoms with Gasteiger partial charge in [-0.05, 0) is 54.8 Å². The number of rotatable bonds is 6. The second-order valence-electron chi connectivity index (χ2n) is 7.22. The van der Waals surface area contributed by atoms with Gasteiger partial charge in [-0.3, -0.25) is 9.79 Å². The summed E-state index contributed by atoms with van der Waals surface area (Å²) in [6, 6.07) is 21.9. The molecule has 1 aliphatic rings. The number of carbonyl (C=O) groups excluding carboxylic acids is 1. The number of aliphatic imine (C=N–C) groups is 1. The molecule has 1 amide bonds. The number of benzene rings is 3. The Morgan fingerprint density at radius 2 is 1.80 bits per heavy atom. The van der Waals surface area contributed by atoms with Gasteiger partial charge < -0.3 is 5.32 Å². The number of halogens is 1. The van der Waals surface area contributed by atoms with Gasteiger partial charge in [-0.25, -0.2) is 0 Å². The number of hydrogen-bond acceptors (Lipinski definition) is 3. The van der Waals surface area contributed by atoms with Gasteiger partial charge in [0.15, 0.2) is 0 Å². The second-order valence-corrected chi connectivity index (χ2v) is 8.74. The Hall–Kier alpha value is -2.56. The Balaban J connectivity index is 1.51. The normalized spacial score (nSPS) is 12.4. The highest BCUT2D eigenvalue weighted by molar-refractivity contribution is 7.99. The SMILES string of the molecule is CCCC1=Nc2cc(C(=O)NCCc3ccc(Cl)cc3)ccc2Sc2ccccc21. The third-order valence-corrected chi connectivity index (χ3v) is 6.39. The van der Waals surface area contributed by atoms with Crippen LogP contribution in [0, 0.1) is 0 Å². The van der Waals surface area contributed by atoms with Crippen LogP contribution in [0.1, 0.15) is 41.3 Å². The monoisotopic (exact) mass is 434 g/mol. The molecule has 30 heavy (non-hydrogen) atoms. The van der Waals surface area contributed by atoms with Crippen molar-refractivity contribution < 1.29 is 4.79 Å². The van der Waals surface area contributed by atoms with Crippen molar-refractivity contribution in [2.75, 3.05) is 6.54 Å². The van der Waals surface area contributed by atoms with Crippen molar-refractivity contribution in [3.63, 3.8) is 0 Å². The first-order valence-electron chi connectivity index (χ1n) is 10.2. The summed E-state index contributed by atoms with van der Waals surface area (Å²) in [6.45, 7) is 2.73. The largest absolute Gasteiger partial charge is 0.352 e. The summed E-state index contributed by atoms with van der Waals surface area (Å²) < 4.78 is 0. The lowest BCUT2D eigenvalue weighted by Gasteiger charge is -2.08. The maximum atomic E-state index is 12.7. The lowest BCUT2D eigenvalue weighted by atomic mass is 10.1. The Bertz CT molecular complexity index is 1090. The molecule has 3 aromatic carbocycles. The van der Waals surface area contributed by atoms with Gasteiger partial charge in [-0.2, -0.15) is 0 Å². The molecule has 3 nitrogen and oxygen atoms in total. The average molecular weight is 435 g/mol. The van der Waals surface area contributed by atoms with Gasteiger partial charge in [0, 0.05) is 38.2 Å². The summed E-state index contributed by atoms with van der Waals surface area (Å²) in [5.41, 5.74) is 4.92. The predicted octanol–water partition coefficient (Wildman–Crippen LogP) is 6.70. The molecule has 0 aliphatic carbocycles. The third-order valence-electron chi connectivity index (χ3n) is 4.99. The van der Waals surface area contributed by atoms with Crippen LogP contribution >= 0.6 is 23.4 Å². The molecule has 1 heterocycles. The number of carbonyl (C=O) groups is 1. The van der Waals surface area contributed by atoms with E-state index in [2.05, 4.69) is 36.5 Å². The van der Waals surface area contributed by atoms with Crippen LogP contribution in [0.4, 0.5) is 5.69 Å². The van der Waals surface area contributed by atoms with Crippen molar-refractivity contribution in [2.24, 2.45) is 4.99 Å². The van der Waals surface area contributed by atoms with E-state index in [4.69, 9.17) is 16.6 Å². The van der Waals surface area contributed by atoms with Crippen LogP contribution in [0.5, 0.6) is 0 Å². The number of amides is 1. The third kappa shape index (κ3) is 4.77. The highest BCUT2D eigenvalue weighted by atomic mass is 35.5. The van der Waals surface area contributed by atoms with Crippen molar-refractivity contribution >= 4 is 40.7 Å². The van der Waals surface area contributed by atoms with E-state index >= 15 is 0 Å². The Kier molecular flexibility index (Phi) is 6.56. The van der Waals surface area contributed by atoms with Gasteiger partial charge in [0.25, 0.3) is 5.91 Å². The van der Waals surface area contributed by atoms with Crippen molar-refractivity contribution in [3.05, 3.63) is 88.4 Å². The van der Waals surface area contributed by atoms with Crippen LogP contribution in [0.15, 0.2) is 81.5 Å². The smallest absolute Gasteiger partial charge is 0.251 e. The highest BCUT2D eigenvalue weighted by Gasteiger charge is 2.18. The first kappa shape index (κ1) is 20.7. The topological polar surface area (TPSA) is 41.5 Å². The molecule has 3 aromatic rings. The van der Waals surface area contributed by atoms with E-state index in [1.807, 2.05) is 42.5 Å². The standard InChI is InChI=1S/C25H23ClN2OS/c1-2-5-21-20-6-3-4-7-23(20)30-24-13-10-18(16-22(24)28-21)25(29)27-15-14-17-8-11-19(26)12-9-17/h3-4,6-13,16H,2,5,14-15H2,1H3,(H,27,29). The Morgan fingerprint density at radius 3 is 2.60 bits per heavy atom. The van der Waals surface area contributed by atoms with Crippen LogP contribution in [0.25, 0.3) is 0 Å².